The third-order valence-corrected chi connectivity index (χ3v) is 6.49. The number of hydrogen-bond acceptors (Lipinski definition) is 5. The summed E-state index contributed by atoms with van der Waals surface area (Å²) in [6.07, 6.45) is 0.279. The number of aliphatic hydroxyl groups excluding tert-OH is 1. The van der Waals surface area contributed by atoms with Crippen LogP contribution >= 0.6 is 23.2 Å². The van der Waals surface area contributed by atoms with E-state index in [-0.39, 0.29) is 36.2 Å². The van der Waals surface area contributed by atoms with Gasteiger partial charge in [-0.25, -0.2) is 14.3 Å². The molecule has 0 aliphatic carbocycles. The molecule has 2 heterocycles. The summed E-state index contributed by atoms with van der Waals surface area (Å²) in [6.45, 7) is 9.42. The number of fused-ring (bicyclic) bond motifs is 1. The highest BCUT2D eigenvalue weighted by Crippen LogP contribution is 2.25. The van der Waals surface area contributed by atoms with Crippen molar-refractivity contribution in [2.24, 2.45) is 0 Å². The molecule has 1 aliphatic heterocycles. The Labute approximate surface area is 213 Å². The van der Waals surface area contributed by atoms with Gasteiger partial charge < -0.3 is 10.4 Å². The number of rotatable bonds is 5. The lowest BCUT2D eigenvalue weighted by Crippen LogP contribution is -2.38. The van der Waals surface area contributed by atoms with Crippen LogP contribution in [0.15, 0.2) is 53.8 Å². The van der Waals surface area contributed by atoms with Gasteiger partial charge in [0.1, 0.15) is 11.5 Å². The van der Waals surface area contributed by atoms with Gasteiger partial charge in [-0.1, -0.05) is 29.8 Å². The highest BCUT2D eigenvalue weighted by atomic mass is 35.5. The van der Waals surface area contributed by atoms with Gasteiger partial charge in [-0.15, -0.1) is 0 Å². The largest absolute Gasteiger partial charge is 0.508 e. The Bertz CT molecular complexity index is 1440. The molecule has 2 N–H and O–H groups in total. The van der Waals surface area contributed by atoms with Gasteiger partial charge in [0.05, 0.1) is 33.3 Å². The lowest BCUT2D eigenvalue weighted by atomic mass is 10.0. The van der Waals surface area contributed by atoms with E-state index in [0.717, 1.165) is 5.71 Å². The van der Waals surface area contributed by atoms with Crippen molar-refractivity contribution in [1.29, 1.82) is 0 Å². The van der Waals surface area contributed by atoms with Gasteiger partial charge in [0.2, 0.25) is 5.95 Å². The minimum Gasteiger partial charge on any atom is -0.508 e. The molecule has 0 saturated carbocycles. The Balaban J connectivity index is 1.79. The van der Waals surface area contributed by atoms with Gasteiger partial charge in [-0.05, 0) is 56.3 Å². The van der Waals surface area contributed by atoms with Gasteiger partial charge in [-0.2, -0.15) is 4.58 Å². The molecule has 0 saturated heterocycles. The van der Waals surface area contributed by atoms with Crippen molar-refractivity contribution in [2.45, 2.75) is 39.8 Å². The molecule has 0 spiro atoms. The van der Waals surface area contributed by atoms with Gasteiger partial charge in [0.25, 0.3) is 5.56 Å². The third kappa shape index (κ3) is 4.88. The first-order valence-corrected chi connectivity index (χ1v) is 11.8. The van der Waals surface area contributed by atoms with Crippen LogP contribution in [0.5, 0.6) is 0 Å². The number of aromatic nitrogens is 2. The van der Waals surface area contributed by atoms with Gasteiger partial charge in [0, 0.05) is 18.5 Å². The van der Waals surface area contributed by atoms with Crippen LogP contribution in [0.1, 0.15) is 48.0 Å². The molecule has 1 aromatic heterocycles. The predicted molar refractivity (Wildman–Crippen MR) is 139 cm³/mol. The molecule has 180 valence electrons. The summed E-state index contributed by atoms with van der Waals surface area (Å²) in [4.78, 5) is 31.7. The molecule has 2 aromatic carbocycles. The maximum atomic E-state index is 13.7. The summed E-state index contributed by atoms with van der Waals surface area (Å²) in [5.41, 5.74) is 3.16. The van der Waals surface area contributed by atoms with Crippen LogP contribution in [-0.4, -0.2) is 36.9 Å². The first-order chi connectivity index (χ1) is 16.6. The van der Waals surface area contributed by atoms with Crippen molar-refractivity contribution in [1.82, 2.24) is 9.55 Å². The molecule has 35 heavy (non-hydrogen) atoms. The van der Waals surface area contributed by atoms with E-state index in [0.29, 0.717) is 44.1 Å². The van der Waals surface area contributed by atoms with Gasteiger partial charge >= 0.3 is 5.91 Å². The maximum Gasteiger partial charge on any atom is 0.419 e. The van der Waals surface area contributed by atoms with Crippen LogP contribution in [0.4, 0.5) is 5.95 Å². The molecule has 0 bridgehead atoms. The zero-order chi connectivity index (χ0) is 25.4. The Morgan fingerprint density at radius 1 is 1.14 bits per heavy atom. The molecule has 1 amide bonds. The Hall–Kier alpha value is -3.42. The fraction of sp³-hybridized carbons (Fsp3) is 0.231. The molecule has 9 heteroatoms. The molecule has 1 aliphatic rings. The molecule has 7 nitrogen and oxygen atoms in total. The van der Waals surface area contributed by atoms with E-state index < -0.39 is 0 Å². The Kier molecular flexibility index (Phi) is 6.83. The second-order valence-corrected chi connectivity index (χ2v) is 9.54. The lowest BCUT2D eigenvalue weighted by molar-refractivity contribution is -0.450. The van der Waals surface area contributed by atoms with Crippen molar-refractivity contribution < 1.29 is 14.5 Å². The molecule has 4 rings (SSSR count). The first-order valence-electron chi connectivity index (χ1n) is 11.1. The van der Waals surface area contributed by atoms with Crippen molar-refractivity contribution in [3.63, 3.8) is 0 Å². The number of nitrogens with one attached hydrogen (secondary N) is 1. The van der Waals surface area contributed by atoms with Crippen LogP contribution in [0.25, 0.3) is 11.4 Å². The SMILES string of the molecule is C=C(O)c1ccc(-n2c(NC(C)C)nc3c(c2=O)CC(C)=[N+](C(=O)c2ccc(Cl)c(Cl)c2)C3)cc1. The fourth-order valence-electron chi connectivity index (χ4n) is 3.97. The highest BCUT2D eigenvalue weighted by Gasteiger charge is 2.33. The van der Waals surface area contributed by atoms with Crippen LogP contribution in [0.2, 0.25) is 10.0 Å². The van der Waals surface area contributed by atoms with E-state index in [1.165, 1.54) is 10.6 Å². The summed E-state index contributed by atoms with van der Waals surface area (Å²) in [5, 5.41) is 13.6. The summed E-state index contributed by atoms with van der Waals surface area (Å²) in [6, 6.07) is 11.6. The third-order valence-electron chi connectivity index (χ3n) is 5.75. The van der Waals surface area contributed by atoms with Crippen molar-refractivity contribution in [3.8, 4) is 5.69 Å². The average Bonchev–Trinajstić information content (AvgIpc) is 2.80. The number of benzene rings is 2. The smallest absolute Gasteiger partial charge is 0.419 e. The van der Waals surface area contributed by atoms with E-state index in [2.05, 4.69) is 11.9 Å². The zero-order valence-corrected chi connectivity index (χ0v) is 21.1. The number of carbonyl (C=O) groups excluding carboxylic acids is 1. The molecule has 0 fully saturated rings. The summed E-state index contributed by atoms with van der Waals surface area (Å²) < 4.78 is 3.13. The van der Waals surface area contributed by atoms with E-state index in [1.54, 1.807) is 41.0 Å². The fourth-order valence-corrected chi connectivity index (χ4v) is 4.27. The first kappa shape index (κ1) is 24.7. The van der Waals surface area contributed by atoms with E-state index >= 15 is 0 Å². The van der Waals surface area contributed by atoms with Crippen LogP contribution in [0, 0.1) is 0 Å². The van der Waals surface area contributed by atoms with Gasteiger partial charge in [-0.3, -0.25) is 4.79 Å². The van der Waals surface area contributed by atoms with E-state index in [4.69, 9.17) is 28.2 Å². The van der Waals surface area contributed by atoms with Crippen LogP contribution in [0.3, 0.4) is 0 Å². The highest BCUT2D eigenvalue weighted by molar-refractivity contribution is 6.42. The standard InChI is InChI=1S/C26H24Cl2N4O3/c1-14(2)29-26-30-23-13-31(24(34)18-7-10-21(27)22(28)12-18)15(3)11-20(23)25(35)32(26)19-8-5-17(6-9-19)16(4)33/h5-10,12,14H,4,11,13H2,1-3H3,(H-,29,30,33,35)/p+1. The summed E-state index contributed by atoms with van der Waals surface area (Å²) in [7, 11) is 0. The molecular weight excluding hydrogens is 487 g/mol. The average molecular weight is 512 g/mol. The van der Waals surface area contributed by atoms with E-state index in [9.17, 15) is 14.7 Å². The van der Waals surface area contributed by atoms with Gasteiger partial charge in [0.15, 0.2) is 12.3 Å². The second-order valence-electron chi connectivity index (χ2n) is 8.73. The summed E-state index contributed by atoms with van der Waals surface area (Å²) in [5.74, 6) is 0.0849. The van der Waals surface area contributed by atoms with Crippen molar-refractivity contribution in [2.75, 3.05) is 5.32 Å². The number of nitrogens with zero attached hydrogens (tertiary/aromatic N) is 3. The van der Waals surface area contributed by atoms with E-state index in [1.807, 2.05) is 20.8 Å². The predicted octanol–water partition coefficient (Wildman–Crippen LogP) is 5.26. The number of hydrogen-bond donors (Lipinski definition) is 2. The zero-order valence-electron chi connectivity index (χ0n) is 19.6. The van der Waals surface area contributed by atoms with Crippen molar-refractivity contribution >= 4 is 46.5 Å². The second kappa shape index (κ2) is 9.68. The minimum atomic E-state index is -0.240. The molecule has 3 aromatic rings. The number of anilines is 1. The normalized spacial score (nSPS) is 13.1. The number of aliphatic hydroxyl groups is 1. The topological polar surface area (TPSA) is 87.2 Å². The van der Waals surface area contributed by atoms with Crippen molar-refractivity contribution in [3.05, 3.63) is 91.8 Å². The molecular formula is C26H25Cl2N4O3+. The maximum absolute atomic E-state index is 13.7. The summed E-state index contributed by atoms with van der Waals surface area (Å²) >= 11 is 12.1. The monoisotopic (exact) mass is 511 g/mol. The minimum absolute atomic E-state index is 0.00789. The quantitative estimate of drug-likeness (QED) is 0.360. The molecule has 0 atom stereocenters. The number of amides is 1. The number of carbonyl (C=O) groups is 1. The van der Waals surface area contributed by atoms with Crippen LogP contribution in [-0.2, 0) is 13.0 Å². The Morgan fingerprint density at radius 2 is 1.80 bits per heavy atom. The Morgan fingerprint density at radius 3 is 2.40 bits per heavy atom. The number of halogens is 2. The van der Waals surface area contributed by atoms with Crippen LogP contribution < -0.4 is 10.9 Å². The lowest BCUT2D eigenvalue weighted by Gasteiger charge is -2.21. The molecule has 0 radical (unpaired) electrons. The molecule has 0 unspecified atom stereocenters.